The summed E-state index contributed by atoms with van der Waals surface area (Å²) in [6.45, 7) is 0. The maximum absolute atomic E-state index is 12.0. The van der Waals surface area contributed by atoms with E-state index in [2.05, 4.69) is 36.8 Å². The van der Waals surface area contributed by atoms with E-state index >= 15 is 0 Å². The van der Waals surface area contributed by atoms with E-state index in [0.717, 1.165) is 4.47 Å². The Morgan fingerprint density at radius 2 is 2.00 bits per heavy atom. The predicted octanol–water partition coefficient (Wildman–Crippen LogP) is 3.95. The zero-order valence-corrected chi connectivity index (χ0v) is 11.2. The van der Waals surface area contributed by atoms with Crippen LogP contribution < -0.4 is 5.73 Å². The zero-order chi connectivity index (χ0) is 12.3. The summed E-state index contributed by atoms with van der Waals surface area (Å²) < 4.78 is 37.4. The molecule has 0 saturated carbocycles. The molecule has 16 heavy (non-hydrogen) atoms. The number of nitrogens with zero attached hydrogens (tertiary/aromatic N) is 1. The van der Waals surface area contributed by atoms with Crippen molar-refractivity contribution in [1.29, 1.82) is 0 Å². The molecule has 1 aromatic heterocycles. The Bertz CT molecular complexity index is 368. The second-order valence-corrected chi connectivity index (χ2v) is 5.05. The molecule has 0 fully saturated rings. The maximum atomic E-state index is 12.0. The third-order valence-corrected chi connectivity index (χ3v) is 3.00. The van der Waals surface area contributed by atoms with Gasteiger partial charge in [0, 0.05) is 27.6 Å². The van der Waals surface area contributed by atoms with Gasteiger partial charge in [-0.2, -0.15) is 13.2 Å². The van der Waals surface area contributed by atoms with Gasteiger partial charge >= 0.3 is 6.18 Å². The number of hydrogen-bond acceptors (Lipinski definition) is 2. The lowest BCUT2D eigenvalue weighted by atomic mass is 10.1. The van der Waals surface area contributed by atoms with Gasteiger partial charge in [-0.05, 0) is 44.3 Å². The van der Waals surface area contributed by atoms with Crippen LogP contribution in [-0.4, -0.2) is 11.2 Å². The summed E-state index contributed by atoms with van der Waals surface area (Å²) >= 11 is 6.42. The summed E-state index contributed by atoms with van der Waals surface area (Å²) in [5.41, 5.74) is 6.08. The molecule has 90 valence electrons. The van der Waals surface area contributed by atoms with Crippen molar-refractivity contribution in [2.45, 2.75) is 25.1 Å². The fourth-order valence-electron chi connectivity index (χ4n) is 1.15. The lowest BCUT2D eigenvalue weighted by Gasteiger charge is -2.14. The topological polar surface area (TPSA) is 38.9 Å². The fourth-order valence-corrected chi connectivity index (χ4v) is 2.44. The Morgan fingerprint density at radius 3 is 2.50 bits per heavy atom. The Balaban J connectivity index is 2.70. The standard InChI is InChI=1S/C9H9Br2F3N2/c10-5-3-6(11)8(16-4-5)7(15)1-2-9(12,13)14/h3-4,7H,1-2,15H2. The summed E-state index contributed by atoms with van der Waals surface area (Å²) in [4.78, 5) is 3.99. The highest BCUT2D eigenvalue weighted by Crippen LogP contribution is 2.29. The number of hydrogen-bond donors (Lipinski definition) is 1. The number of aromatic nitrogens is 1. The highest BCUT2D eigenvalue weighted by atomic mass is 79.9. The van der Waals surface area contributed by atoms with Gasteiger partial charge in [0.05, 0.1) is 5.69 Å². The van der Waals surface area contributed by atoms with E-state index < -0.39 is 18.6 Å². The second-order valence-electron chi connectivity index (χ2n) is 3.28. The summed E-state index contributed by atoms with van der Waals surface area (Å²) in [5, 5.41) is 0. The van der Waals surface area contributed by atoms with Crippen molar-refractivity contribution in [1.82, 2.24) is 4.98 Å². The third-order valence-electron chi connectivity index (χ3n) is 1.93. The molecule has 0 spiro atoms. The first-order chi connectivity index (χ1) is 7.29. The quantitative estimate of drug-likeness (QED) is 0.885. The van der Waals surface area contributed by atoms with Crippen molar-refractivity contribution in [2.75, 3.05) is 0 Å². The first-order valence-electron chi connectivity index (χ1n) is 4.43. The minimum absolute atomic E-state index is 0.170. The van der Waals surface area contributed by atoms with Gasteiger partial charge in [-0.15, -0.1) is 0 Å². The van der Waals surface area contributed by atoms with Crippen molar-refractivity contribution in [3.63, 3.8) is 0 Å². The minimum Gasteiger partial charge on any atom is -0.323 e. The van der Waals surface area contributed by atoms with Crippen LogP contribution in [0.4, 0.5) is 13.2 Å². The van der Waals surface area contributed by atoms with Gasteiger partial charge in [-0.1, -0.05) is 0 Å². The Morgan fingerprint density at radius 1 is 1.38 bits per heavy atom. The van der Waals surface area contributed by atoms with Crippen LogP contribution in [0.5, 0.6) is 0 Å². The molecule has 2 N–H and O–H groups in total. The molecule has 1 aromatic rings. The molecule has 1 atom stereocenters. The molecular formula is C9H9Br2F3N2. The summed E-state index contributed by atoms with van der Waals surface area (Å²) in [6, 6.07) is 0.986. The molecule has 0 bridgehead atoms. The van der Waals surface area contributed by atoms with Crippen LogP contribution in [0.25, 0.3) is 0 Å². The molecule has 2 nitrogen and oxygen atoms in total. The molecule has 0 amide bonds. The van der Waals surface area contributed by atoms with Crippen LogP contribution >= 0.6 is 31.9 Å². The largest absolute Gasteiger partial charge is 0.389 e. The Labute approximate surface area is 108 Å². The molecule has 1 heterocycles. The molecule has 1 unspecified atom stereocenters. The molecule has 1 rings (SSSR count). The summed E-state index contributed by atoms with van der Waals surface area (Å²) in [6.07, 6.45) is -3.75. The fraction of sp³-hybridized carbons (Fsp3) is 0.444. The highest BCUT2D eigenvalue weighted by molar-refractivity contribution is 9.11. The summed E-state index contributed by atoms with van der Waals surface area (Å²) in [5.74, 6) is 0. The van der Waals surface area contributed by atoms with Gasteiger partial charge in [0.2, 0.25) is 0 Å². The van der Waals surface area contributed by atoms with Gasteiger partial charge in [-0.25, -0.2) is 0 Å². The van der Waals surface area contributed by atoms with E-state index in [9.17, 15) is 13.2 Å². The first kappa shape index (κ1) is 13.9. The lowest BCUT2D eigenvalue weighted by molar-refractivity contribution is -0.136. The SMILES string of the molecule is NC(CCC(F)(F)F)c1ncc(Br)cc1Br. The normalized spacial score (nSPS) is 13.9. The first-order valence-corrected chi connectivity index (χ1v) is 6.01. The monoisotopic (exact) mass is 360 g/mol. The Hall–Kier alpha value is -0.140. The average molecular weight is 362 g/mol. The van der Waals surface area contributed by atoms with Crippen molar-refractivity contribution in [3.05, 3.63) is 26.9 Å². The average Bonchev–Trinajstić information content (AvgIpc) is 2.13. The van der Waals surface area contributed by atoms with E-state index in [1.54, 1.807) is 6.07 Å². The van der Waals surface area contributed by atoms with Gasteiger partial charge in [0.1, 0.15) is 0 Å². The predicted molar refractivity (Wildman–Crippen MR) is 61.9 cm³/mol. The maximum Gasteiger partial charge on any atom is 0.389 e. The van der Waals surface area contributed by atoms with E-state index in [1.165, 1.54) is 6.20 Å². The van der Waals surface area contributed by atoms with Crippen molar-refractivity contribution in [3.8, 4) is 0 Å². The van der Waals surface area contributed by atoms with Crippen molar-refractivity contribution >= 4 is 31.9 Å². The van der Waals surface area contributed by atoms with Crippen molar-refractivity contribution in [2.24, 2.45) is 5.73 Å². The highest BCUT2D eigenvalue weighted by Gasteiger charge is 2.28. The third kappa shape index (κ3) is 4.39. The number of halogens is 5. The van der Waals surface area contributed by atoms with E-state index in [-0.39, 0.29) is 6.42 Å². The smallest absolute Gasteiger partial charge is 0.323 e. The second kappa shape index (κ2) is 5.46. The molecule has 0 radical (unpaired) electrons. The molecule has 0 saturated heterocycles. The van der Waals surface area contributed by atoms with E-state index in [0.29, 0.717) is 10.2 Å². The molecule has 0 aliphatic rings. The van der Waals surface area contributed by atoms with Gasteiger partial charge < -0.3 is 5.73 Å². The number of pyridine rings is 1. The van der Waals surface area contributed by atoms with E-state index in [4.69, 9.17) is 5.73 Å². The van der Waals surface area contributed by atoms with E-state index in [1.807, 2.05) is 0 Å². The molecule has 7 heteroatoms. The van der Waals surface area contributed by atoms with Crippen LogP contribution in [0.1, 0.15) is 24.6 Å². The molecular weight excluding hydrogens is 353 g/mol. The minimum atomic E-state index is -4.18. The van der Waals surface area contributed by atoms with Crippen LogP contribution in [-0.2, 0) is 0 Å². The van der Waals surface area contributed by atoms with Crippen molar-refractivity contribution < 1.29 is 13.2 Å². The van der Waals surface area contributed by atoms with Gasteiger partial charge in [0.15, 0.2) is 0 Å². The van der Waals surface area contributed by atoms with Crippen LogP contribution in [0, 0.1) is 0 Å². The van der Waals surface area contributed by atoms with Crippen LogP contribution in [0.2, 0.25) is 0 Å². The Kier molecular flexibility index (Phi) is 4.75. The van der Waals surface area contributed by atoms with Crippen LogP contribution in [0.15, 0.2) is 21.2 Å². The number of alkyl halides is 3. The molecule has 0 aromatic carbocycles. The number of rotatable bonds is 3. The molecule has 0 aliphatic carbocycles. The van der Waals surface area contributed by atoms with Gasteiger partial charge in [-0.3, -0.25) is 4.98 Å². The molecule has 0 aliphatic heterocycles. The van der Waals surface area contributed by atoms with Crippen LogP contribution in [0.3, 0.4) is 0 Å². The van der Waals surface area contributed by atoms with Gasteiger partial charge in [0.25, 0.3) is 0 Å². The number of nitrogens with two attached hydrogens (primary N) is 1. The summed E-state index contributed by atoms with van der Waals surface area (Å²) in [7, 11) is 0. The zero-order valence-electron chi connectivity index (χ0n) is 8.06. The lowest BCUT2D eigenvalue weighted by Crippen LogP contribution is -2.17.